The largest absolute Gasteiger partial charge is 0.493 e. The highest BCUT2D eigenvalue weighted by atomic mass is 79.9. The highest BCUT2D eigenvalue weighted by Crippen LogP contribution is 2.37. The minimum atomic E-state index is -0.377. The molecule has 0 N–H and O–H groups in total. The van der Waals surface area contributed by atoms with E-state index in [-0.39, 0.29) is 5.97 Å². The first-order valence-electron chi connectivity index (χ1n) is 7.94. The summed E-state index contributed by atoms with van der Waals surface area (Å²) in [5.41, 5.74) is 3.08. The van der Waals surface area contributed by atoms with Gasteiger partial charge < -0.3 is 14.2 Å². The van der Waals surface area contributed by atoms with Crippen LogP contribution in [0.3, 0.4) is 0 Å². The van der Waals surface area contributed by atoms with E-state index in [1.165, 1.54) is 11.6 Å². The van der Waals surface area contributed by atoms with Crippen LogP contribution in [0.15, 0.2) is 46.9 Å². The van der Waals surface area contributed by atoms with Crippen molar-refractivity contribution in [3.05, 3.63) is 63.6 Å². The van der Waals surface area contributed by atoms with E-state index in [2.05, 4.69) is 22.0 Å². The van der Waals surface area contributed by atoms with Gasteiger partial charge in [-0.2, -0.15) is 0 Å². The van der Waals surface area contributed by atoms with Crippen LogP contribution in [0.4, 0.5) is 0 Å². The highest BCUT2D eigenvalue weighted by Gasteiger charge is 2.11. The van der Waals surface area contributed by atoms with E-state index in [1.807, 2.05) is 37.3 Å². The van der Waals surface area contributed by atoms with Crippen LogP contribution in [0.2, 0.25) is 0 Å². The number of methoxy groups -OCH3 is 1. The number of rotatable bonds is 7. The fourth-order valence-corrected chi connectivity index (χ4v) is 2.86. The molecule has 0 saturated carbocycles. The fourth-order valence-electron chi connectivity index (χ4n) is 2.29. The summed E-state index contributed by atoms with van der Waals surface area (Å²) in [6.45, 7) is 4.60. The van der Waals surface area contributed by atoms with Gasteiger partial charge in [0.15, 0.2) is 11.5 Å². The van der Waals surface area contributed by atoms with Crippen LogP contribution in [0.1, 0.15) is 23.6 Å². The highest BCUT2D eigenvalue weighted by molar-refractivity contribution is 9.10. The Morgan fingerprint density at radius 2 is 2.04 bits per heavy atom. The number of halogens is 1. The quantitative estimate of drug-likeness (QED) is 0.485. The smallest absolute Gasteiger partial charge is 0.330 e. The molecule has 0 aliphatic rings. The summed E-state index contributed by atoms with van der Waals surface area (Å²) < 4.78 is 17.0. The Morgan fingerprint density at radius 1 is 1.24 bits per heavy atom. The Bertz CT molecular complexity index is 768. The standard InChI is InChI=1S/C20H21BrO4/c1-4-24-19(22)9-8-15-11-17(21)20(18(12-15)23-3)25-13-16-7-5-6-14(2)10-16/h5-12H,4,13H2,1-3H3/b9-8+. The van der Waals surface area contributed by atoms with Crippen LogP contribution in [0.5, 0.6) is 11.5 Å². The van der Waals surface area contributed by atoms with Gasteiger partial charge in [0.25, 0.3) is 0 Å². The van der Waals surface area contributed by atoms with Gasteiger partial charge in [0.1, 0.15) is 6.61 Å². The molecule has 2 aromatic rings. The molecule has 0 atom stereocenters. The SMILES string of the molecule is CCOC(=O)/C=C/c1cc(Br)c(OCc2cccc(C)c2)c(OC)c1. The van der Waals surface area contributed by atoms with Gasteiger partial charge in [0, 0.05) is 6.08 Å². The molecule has 0 saturated heterocycles. The van der Waals surface area contributed by atoms with Gasteiger partial charge in [0.2, 0.25) is 0 Å². The molecule has 0 radical (unpaired) electrons. The average molecular weight is 405 g/mol. The Kier molecular flexibility index (Phi) is 7.07. The van der Waals surface area contributed by atoms with Crippen LogP contribution in [0, 0.1) is 6.92 Å². The molecule has 25 heavy (non-hydrogen) atoms. The summed E-state index contributed by atoms with van der Waals surface area (Å²) in [4.78, 5) is 11.4. The Morgan fingerprint density at radius 3 is 2.72 bits per heavy atom. The summed E-state index contributed by atoms with van der Waals surface area (Å²) in [6, 6.07) is 11.8. The number of hydrogen-bond donors (Lipinski definition) is 0. The number of benzene rings is 2. The van der Waals surface area contributed by atoms with Crippen molar-refractivity contribution in [3.8, 4) is 11.5 Å². The molecule has 4 nitrogen and oxygen atoms in total. The van der Waals surface area contributed by atoms with E-state index < -0.39 is 0 Å². The molecule has 0 amide bonds. The topological polar surface area (TPSA) is 44.8 Å². The van der Waals surface area contributed by atoms with Crippen molar-refractivity contribution in [2.24, 2.45) is 0 Å². The van der Waals surface area contributed by atoms with Crippen molar-refractivity contribution in [1.29, 1.82) is 0 Å². The number of hydrogen-bond acceptors (Lipinski definition) is 4. The lowest BCUT2D eigenvalue weighted by atomic mass is 10.1. The number of ether oxygens (including phenoxy) is 3. The van der Waals surface area contributed by atoms with Crippen molar-refractivity contribution in [3.63, 3.8) is 0 Å². The summed E-state index contributed by atoms with van der Waals surface area (Å²) in [5.74, 6) is 0.834. The average Bonchev–Trinajstić information content (AvgIpc) is 2.59. The Balaban J connectivity index is 2.17. The molecule has 0 bridgehead atoms. The fraction of sp³-hybridized carbons (Fsp3) is 0.250. The molecule has 0 fully saturated rings. The van der Waals surface area contributed by atoms with E-state index in [0.29, 0.717) is 24.7 Å². The first-order chi connectivity index (χ1) is 12.0. The summed E-state index contributed by atoms with van der Waals surface area (Å²) in [6.07, 6.45) is 3.06. The lowest BCUT2D eigenvalue weighted by Gasteiger charge is -2.14. The molecule has 0 unspecified atom stereocenters. The summed E-state index contributed by atoms with van der Waals surface area (Å²) >= 11 is 3.51. The number of carbonyl (C=O) groups excluding carboxylic acids is 1. The maximum atomic E-state index is 11.4. The second kappa shape index (κ2) is 9.28. The maximum absolute atomic E-state index is 11.4. The van der Waals surface area contributed by atoms with Gasteiger partial charge in [0.05, 0.1) is 18.2 Å². The van der Waals surface area contributed by atoms with E-state index in [9.17, 15) is 4.79 Å². The summed E-state index contributed by atoms with van der Waals surface area (Å²) in [7, 11) is 1.58. The minimum absolute atomic E-state index is 0.349. The van der Waals surface area contributed by atoms with Gasteiger partial charge in [-0.15, -0.1) is 0 Å². The van der Waals surface area contributed by atoms with Gasteiger partial charge in [-0.3, -0.25) is 0 Å². The van der Waals surface area contributed by atoms with Gasteiger partial charge in [-0.1, -0.05) is 29.8 Å². The summed E-state index contributed by atoms with van der Waals surface area (Å²) in [5, 5.41) is 0. The zero-order valence-electron chi connectivity index (χ0n) is 14.5. The van der Waals surface area contributed by atoms with E-state index in [1.54, 1.807) is 20.1 Å². The molecule has 0 aromatic heterocycles. The van der Waals surface area contributed by atoms with E-state index in [4.69, 9.17) is 14.2 Å². The number of carbonyl (C=O) groups is 1. The Hall–Kier alpha value is -2.27. The van der Waals surface area contributed by atoms with Crippen molar-refractivity contribution in [1.82, 2.24) is 0 Å². The van der Waals surface area contributed by atoms with Crippen LogP contribution >= 0.6 is 15.9 Å². The molecule has 2 rings (SSSR count). The molecular weight excluding hydrogens is 384 g/mol. The molecule has 0 aliphatic heterocycles. The first-order valence-corrected chi connectivity index (χ1v) is 8.73. The predicted octanol–water partition coefficient (Wildman–Crippen LogP) is 4.92. The second-order valence-corrected chi connectivity index (χ2v) is 6.25. The Labute approximate surface area is 156 Å². The number of aryl methyl sites for hydroxylation is 1. The second-order valence-electron chi connectivity index (χ2n) is 5.40. The zero-order valence-corrected chi connectivity index (χ0v) is 16.1. The zero-order chi connectivity index (χ0) is 18.2. The third kappa shape index (κ3) is 5.64. The van der Waals surface area contributed by atoms with Crippen LogP contribution < -0.4 is 9.47 Å². The maximum Gasteiger partial charge on any atom is 0.330 e. The molecule has 0 spiro atoms. The van der Waals surface area contributed by atoms with E-state index >= 15 is 0 Å². The molecule has 2 aromatic carbocycles. The third-order valence-corrected chi connectivity index (χ3v) is 4.00. The van der Waals surface area contributed by atoms with Crippen LogP contribution in [-0.2, 0) is 16.1 Å². The lowest BCUT2D eigenvalue weighted by molar-refractivity contribution is -0.137. The molecule has 0 aliphatic carbocycles. The minimum Gasteiger partial charge on any atom is -0.493 e. The first kappa shape index (κ1) is 19.1. The van der Waals surface area contributed by atoms with E-state index in [0.717, 1.165) is 15.6 Å². The van der Waals surface area contributed by atoms with Gasteiger partial charge in [-0.25, -0.2) is 4.79 Å². The predicted molar refractivity (Wildman–Crippen MR) is 102 cm³/mol. The van der Waals surface area contributed by atoms with Crippen LogP contribution in [-0.4, -0.2) is 19.7 Å². The molecular formula is C20H21BrO4. The number of esters is 1. The normalized spacial score (nSPS) is 10.7. The van der Waals surface area contributed by atoms with Crippen molar-refractivity contribution < 1.29 is 19.0 Å². The monoisotopic (exact) mass is 404 g/mol. The molecule has 0 heterocycles. The molecule has 5 heteroatoms. The van der Waals surface area contributed by atoms with Crippen molar-refractivity contribution in [2.45, 2.75) is 20.5 Å². The van der Waals surface area contributed by atoms with Gasteiger partial charge >= 0.3 is 5.97 Å². The van der Waals surface area contributed by atoms with Gasteiger partial charge in [-0.05, 0) is 59.1 Å². The third-order valence-electron chi connectivity index (χ3n) is 3.42. The molecule has 132 valence electrons. The van der Waals surface area contributed by atoms with Crippen molar-refractivity contribution >= 4 is 28.0 Å². The van der Waals surface area contributed by atoms with Crippen molar-refractivity contribution in [2.75, 3.05) is 13.7 Å². The lowest BCUT2D eigenvalue weighted by Crippen LogP contribution is -2.00. The van der Waals surface area contributed by atoms with Crippen LogP contribution in [0.25, 0.3) is 6.08 Å².